The maximum absolute atomic E-state index is 9.16. The molecule has 3 heteroatoms. The molecule has 0 saturated carbocycles. The summed E-state index contributed by atoms with van der Waals surface area (Å²) in [6.07, 6.45) is 0. The minimum atomic E-state index is -0.455. The largest absolute Gasteiger partial charge is 0.310 e. The third-order valence-corrected chi connectivity index (χ3v) is 10.2. The predicted octanol–water partition coefficient (Wildman–Crippen LogP) is 13.3. The van der Waals surface area contributed by atoms with Crippen molar-refractivity contribution in [1.82, 2.24) is 13.7 Å². The molecule has 0 aliphatic carbocycles. The summed E-state index contributed by atoms with van der Waals surface area (Å²) >= 11 is 0. The van der Waals surface area contributed by atoms with Crippen LogP contribution < -0.4 is 0 Å². The zero-order valence-corrected chi connectivity index (χ0v) is 28.2. The van der Waals surface area contributed by atoms with Crippen molar-refractivity contribution < 1.29 is 12.3 Å². The van der Waals surface area contributed by atoms with Gasteiger partial charge in [0.25, 0.3) is 0 Å². The average Bonchev–Trinajstić information content (AvgIpc) is 3.65. The molecule has 0 radical (unpaired) electrons. The van der Waals surface area contributed by atoms with Gasteiger partial charge < -0.3 is 13.7 Å². The van der Waals surface area contributed by atoms with Gasteiger partial charge in [-0.05, 0) is 129 Å². The lowest BCUT2D eigenvalue weighted by atomic mass is 10.0. The van der Waals surface area contributed by atoms with Gasteiger partial charge in [0, 0.05) is 49.9 Å². The van der Waals surface area contributed by atoms with Gasteiger partial charge in [0.15, 0.2) is 0 Å². The van der Waals surface area contributed by atoms with Crippen LogP contribution in [0.1, 0.15) is 12.3 Å². The Balaban J connectivity index is 1.31. The zero-order valence-electron chi connectivity index (χ0n) is 37.2. The Kier molecular flexibility index (Phi) is 4.86. The summed E-state index contributed by atoms with van der Waals surface area (Å²) in [6.45, 7) is 0. The third kappa shape index (κ3) is 4.75. The molecule has 11 rings (SSSR count). The van der Waals surface area contributed by atoms with Gasteiger partial charge in [-0.1, -0.05) is 103 Å². The van der Waals surface area contributed by atoms with Gasteiger partial charge in [-0.15, -0.1) is 0 Å². The lowest BCUT2D eigenvalue weighted by Crippen LogP contribution is -1.98. The number of para-hydroxylation sites is 3. The summed E-state index contributed by atoms with van der Waals surface area (Å²) in [5.74, 6) is 0. The fourth-order valence-corrected chi connectivity index (χ4v) is 7.85. The van der Waals surface area contributed by atoms with Crippen molar-refractivity contribution in [3.63, 3.8) is 0 Å². The van der Waals surface area contributed by atoms with E-state index in [4.69, 9.17) is 12.3 Å². The first-order valence-corrected chi connectivity index (χ1v) is 17.4. The van der Waals surface area contributed by atoms with Gasteiger partial charge in [-0.2, -0.15) is 0 Å². The highest BCUT2D eigenvalue weighted by atomic mass is 15.0. The van der Waals surface area contributed by atoms with Gasteiger partial charge in [-0.3, -0.25) is 0 Å². The smallest absolute Gasteiger partial charge is 0.0645 e. The number of aromatic nitrogens is 3. The van der Waals surface area contributed by atoms with Crippen LogP contribution in [0.4, 0.5) is 0 Å². The topological polar surface area (TPSA) is 14.8 Å². The van der Waals surface area contributed by atoms with Gasteiger partial charge >= 0.3 is 0 Å². The van der Waals surface area contributed by atoms with E-state index in [2.05, 4.69) is 41.0 Å². The fourth-order valence-electron chi connectivity index (χ4n) is 7.85. The third-order valence-electron chi connectivity index (χ3n) is 10.2. The highest BCUT2D eigenvalue weighted by Gasteiger charge is 2.14. The van der Waals surface area contributed by atoms with Crippen LogP contribution in [0.2, 0.25) is 0 Å². The summed E-state index contributed by atoms with van der Waals surface area (Å²) < 4.78 is 84.9. The average molecular weight is 685 g/mol. The molecule has 0 aliphatic rings. The second-order valence-corrected chi connectivity index (χ2v) is 13.2. The number of hydrogen-bond acceptors (Lipinski definition) is 0. The first kappa shape index (κ1) is 22.0. The highest BCUT2D eigenvalue weighted by molar-refractivity contribution is 6.11. The van der Waals surface area contributed by atoms with E-state index in [-0.39, 0.29) is 41.9 Å². The fraction of sp³-hybridized carbons (Fsp3) is 0. The van der Waals surface area contributed by atoms with Crippen LogP contribution in [0.3, 0.4) is 0 Å². The Labute approximate surface area is 318 Å². The van der Waals surface area contributed by atoms with Crippen LogP contribution in [0.15, 0.2) is 200 Å². The van der Waals surface area contributed by atoms with Gasteiger partial charge in [0.2, 0.25) is 0 Å². The SMILES string of the molecule is [2H]c1c([2H])c([2H])c(-n2c3cccc(c3)c3cccc(c3)n(-c3ccc4c(c3)c3c([2H])c([2H])c([2H])c([2H])c3n4-c3ccccc3)c3ccc4ccc5ccc2cc5c4c3)c([2H])c1[2H]. The summed E-state index contributed by atoms with van der Waals surface area (Å²) in [6, 6.07) is 45.1. The Morgan fingerprint density at radius 2 is 0.887 bits per heavy atom. The van der Waals surface area contributed by atoms with Crippen molar-refractivity contribution in [2.45, 2.75) is 0 Å². The van der Waals surface area contributed by atoms with Crippen molar-refractivity contribution >= 4 is 76.2 Å². The molecule has 0 amide bonds. The van der Waals surface area contributed by atoms with E-state index in [0.717, 1.165) is 60.2 Å². The summed E-state index contributed by atoms with van der Waals surface area (Å²) in [5.41, 5.74) is 5.68. The van der Waals surface area contributed by atoms with E-state index in [1.807, 2.05) is 114 Å². The van der Waals surface area contributed by atoms with Crippen LogP contribution in [0.25, 0.3) is 93.3 Å². The Morgan fingerprint density at radius 3 is 1.57 bits per heavy atom. The van der Waals surface area contributed by atoms with E-state index in [1.165, 1.54) is 0 Å². The standard InChI is InChI=1S/C50H33N3/c1-3-13-38(14-4-1)51-40-17-9-11-36(29-40)37-12-10-18-41(30-37)52(43-26-24-35-22-21-34-23-25-42(51)31-46(34)47(35)32-43)44-27-28-50-48(33-44)45-19-7-8-20-49(45)53(50)39-15-5-2-6-16-39/h1-33H/i1D,3D,4D,7D,8D,13D,14D,19D,20D. The van der Waals surface area contributed by atoms with Crippen LogP contribution >= 0.6 is 0 Å². The monoisotopic (exact) mass is 684 g/mol. The first-order chi connectivity index (χ1) is 30.0. The quantitative estimate of drug-likeness (QED) is 0.165. The summed E-state index contributed by atoms with van der Waals surface area (Å²) in [5, 5.41) is 6.61. The molecular formula is C50H33N3. The van der Waals surface area contributed by atoms with E-state index >= 15 is 0 Å². The first-order valence-electron chi connectivity index (χ1n) is 21.9. The highest BCUT2D eigenvalue weighted by Crippen LogP contribution is 2.35. The van der Waals surface area contributed by atoms with Crippen LogP contribution in [-0.4, -0.2) is 13.7 Å². The zero-order chi connectivity index (χ0) is 42.7. The molecule has 3 nitrogen and oxygen atoms in total. The molecule has 0 aliphatic heterocycles. The molecule has 0 unspecified atom stereocenters. The molecule has 0 spiro atoms. The van der Waals surface area contributed by atoms with Crippen LogP contribution in [0.5, 0.6) is 0 Å². The normalized spacial score (nSPS) is 14.2. The molecule has 2 aromatic heterocycles. The van der Waals surface area contributed by atoms with Crippen molar-refractivity contribution in [3.05, 3.63) is 200 Å². The molecule has 8 bridgehead atoms. The summed E-state index contributed by atoms with van der Waals surface area (Å²) in [7, 11) is 0. The Hall–Kier alpha value is -7.10. The number of nitrogens with zero attached hydrogens (tertiary/aromatic N) is 3. The van der Waals surface area contributed by atoms with Crippen LogP contribution in [-0.2, 0) is 0 Å². The number of fused-ring (bicyclic) bond motifs is 10. The lowest BCUT2D eigenvalue weighted by molar-refractivity contribution is 1.15. The molecule has 0 atom stereocenters. The second-order valence-electron chi connectivity index (χ2n) is 13.2. The lowest BCUT2D eigenvalue weighted by Gasteiger charge is -2.15. The molecular weight excluding hydrogens is 643 g/mol. The van der Waals surface area contributed by atoms with E-state index in [0.29, 0.717) is 27.3 Å². The Morgan fingerprint density at radius 1 is 0.302 bits per heavy atom. The molecule has 0 saturated heterocycles. The molecule has 53 heavy (non-hydrogen) atoms. The van der Waals surface area contributed by atoms with Crippen molar-refractivity contribution in [2.24, 2.45) is 0 Å². The minimum absolute atomic E-state index is 0.0503. The predicted molar refractivity (Wildman–Crippen MR) is 225 cm³/mol. The van der Waals surface area contributed by atoms with Crippen molar-refractivity contribution in [2.75, 3.05) is 0 Å². The molecule has 11 aromatic rings. The molecule has 248 valence electrons. The van der Waals surface area contributed by atoms with Gasteiger partial charge in [0.1, 0.15) is 0 Å². The molecule has 2 heterocycles. The van der Waals surface area contributed by atoms with Gasteiger partial charge in [0.05, 0.1) is 23.4 Å². The second kappa shape index (κ2) is 11.7. The van der Waals surface area contributed by atoms with Crippen molar-refractivity contribution in [3.8, 4) is 17.1 Å². The number of hydrogen-bond donors (Lipinski definition) is 0. The Bertz CT molecular complexity index is 3780. The molecule has 0 N–H and O–H groups in total. The minimum Gasteiger partial charge on any atom is -0.310 e. The molecule has 9 aromatic carbocycles. The summed E-state index contributed by atoms with van der Waals surface area (Å²) in [4.78, 5) is 0. The molecule has 0 fully saturated rings. The van der Waals surface area contributed by atoms with E-state index in [1.54, 1.807) is 4.57 Å². The number of benzene rings is 9. The number of rotatable bonds is 3. The van der Waals surface area contributed by atoms with Crippen LogP contribution in [0, 0.1) is 0 Å². The maximum Gasteiger partial charge on any atom is 0.0645 e. The van der Waals surface area contributed by atoms with E-state index < -0.39 is 18.1 Å². The maximum atomic E-state index is 9.16. The van der Waals surface area contributed by atoms with Crippen molar-refractivity contribution in [1.29, 1.82) is 0 Å². The van der Waals surface area contributed by atoms with Gasteiger partial charge in [-0.25, -0.2) is 0 Å². The van der Waals surface area contributed by atoms with E-state index in [9.17, 15) is 0 Å².